The molecule has 0 aliphatic carbocycles. The monoisotopic (exact) mass is 357 g/mol. The van der Waals surface area contributed by atoms with E-state index in [9.17, 15) is 14.3 Å². The third-order valence-corrected chi connectivity index (χ3v) is 5.98. The first-order chi connectivity index (χ1) is 11.4. The highest BCUT2D eigenvalue weighted by Gasteiger charge is 2.40. The molecule has 1 aromatic rings. The lowest BCUT2D eigenvalue weighted by Crippen LogP contribution is -2.50. The Labute approximate surface area is 145 Å². The van der Waals surface area contributed by atoms with Crippen LogP contribution in [0.3, 0.4) is 0 Å². The van der Waals surface area contributed by atoms with Crippen molar-refractivity contribution in [2.24, 2.45) is 0 Å². The molecule has 2 N–H and O–H groups in total. The molecule has 6 nitrogen and oxygen atoms in total. The van der Waals surface area contributed by atoms with Crippen molar-refractivity contribution >= 4 is 17.7 Å². The van der Waals surface area contributed by atoms with Gasteiger partial charge >= 0.3 is 0 Å². The summed E-state index contributed by atoms with van der Waals surface area (Å²) in [7, 11) is 0. The van der Waals surface area contributed by atoms with Crippen molar-refractivity contribution in [1.29, 1.82) is 0 Å². The van der Waals surface area contributed by atoms with Gasteiger partial charge in [0.1, 0.15) is 11.9 Å². The molecule has 1 amide bonds. The van der Waals surface area contributed by atoms with Crippen LogP contribution in [-0.4, -0.2) is 63.3 Å². The van der Waals surface area contributed by atoms with Gasteiger partial charge in [-0.25, -0.2) is 9.37 Å². The predicted octanol–water partition coefficient (Wildman–Crippen LogP) is 1.19. The van der Waals surface area contributed by atoms with Crippen molar-refractivity contribution in [1.82, 2.24) is 15.2 Å². The normalized spacial score (nSPS) is 30.8. The number of thioether (sulfide) groups is 1. The molecule has 2 aliphatic rings. The number of amides is 1. The SMILES string of the molecule is Cc1nc(CN2C[C@@H](F)C[C@H]2CNC(=O)C2(O)CCSC2)oc1C. The van der Waals surface area contributed by atoms with E-state index in [4.69, 9.17) is 4.42 Å². The molecule has 3 heterocycles. The highest BCUT2D eigenvalue weighted by Crippen LogP contribution is 2.28. The summed E-state index contributed by atoms with van der Waals surface area (Å²) in [4.78, 5) is 18.5. The number of oxazole rings is 1. The van der Waals surface area contributed by atoms with Gasteiger partial charge in [0.15, 0.2) is 5.60 Å². The zero-order valence-electron chi connectivity index (χ0n) is 14.0. The fourth-order valence-electron chi connectivity index (χ4n) is 3.22. The highest BCUT2D eigenvalue weighted by molar-refractivity contribution is 7.99. The highest BCUT2D eigenvalue weighted by atomic mass is 32.2. The number of hydrogen-bond donors (Lipinski definition) is 2. The van der Waals surface area contributed by atoms with Crippen molar-refractivity contribution in [3.8, 4) is 0 Å². The molecule has 24 heavy (non-hydrogen) atoms. The molecule has 3 rings (SSSR count). The van der Waals surface area contributed by atoms with Crippen LogP contribution in [0.25, 0.3) is 0 Å². The summed E-state index contributed by atoms with van der Waals surface area (Å²) < 4.78 is 19.4. The Morgan fingerprint density at radius 3 is 3.00 bits per heavy atom. The van der Waals surface area contributed by atoms with Crippen LogP contribution in [0.5, 0.6) is 0 Å². The largest absolute Gasteiger partial charge is 0.444 e. The van der Waals surface area contributed by atoms with Crippen LogP contribution < -0.4 is 5.32 Å². The van der Waals surface area contributed by atoms with Gasteiger partial charge in [-0.2, -0.15) is 11.8 Å². The van der Waals surface area contributed by atoms with Gasteiger partial charge < -0.3 is 14.8 Å². The molecule has 1 aromatic heterocycles. The number of aliphatic hydroxyl groups is 1. The minimum absolute atomic E-state index is 0.117. The van der Waals surface area contributed by atoms with Gasteiger partial charge in [-0.1, -0.05) is 0 Å². The zero-order valence-corrected chi connectivity index (χ0v) is 14.9. The standard InChI is InChI=1S/C16H24FN3O3S/c1-10-11(2)23-14(19-10)8-20-7-12(17)5-13(20)6-18-15(21)16(22)3-4-24-9-16/h12-13,22H,3-9H2,1-2H3,(H,18,21)/t12-,13-,16?/m0/s1. The van der Waals surface area contributed by atoms with Gasteiger partial charge in [0.2, 0.25) is 5.89 Å². The quantitative estimate of drug-likeness (QED) is 0.824. The molecule has 0 spiro atoms. The van der Waals surface area contributed by atoms with Crippen LogP contribution in [-0.2, 0) is 11.3 Å². The summed E-state index contributed by atoms with van der Waals surface area (Å²) in [5, 5.41) is 13.1. The minimum Gasteiger partial charge on any atom is -0.444 e. The first-order valence-corrected chi connectivity index (χ1v) is 9.42. The molecule has 2 saturated heterocycles. The van der Waals surface area contributed by atoms with Crippen LogP contribution in [0, 0.1) is 13.8 Å². The number of aromatic nitrogens is 1. The van der Waals surface area contributed by atoms with Crippen molar-refractivity contribution < 1.29 is 18.7 Å². The lowest BCUT2D eigenvalue weighted by Gasteiger charge is -2.25. The predicted molar refractivity (Wildman–Crippen MR) is 89.6 cm³/mol. The topological polar surface area (TPSA) is 78.6 Å². The summed E-state index contributed by atoms with van der Waals surface area (Å²) in [5.41, 5.74) is -0.438. The molecular formula is C16H24FN3O3S. The van der Waals surface area contributed by atoms with Crippen molar-refractivity contribution in [3.63, 3.8) is 0 Å². The fraction of sp³-hybridized carbons (Fsp3) is 0.750. The van der Waals surface area contributed by atoms with Gasteiger partial charge in [-0.05, 0) is 32.4 Å². The first kappa shape index (κ1) is 17.7. The van der Waals surface area contributed by atoms with E-state index in [0.29, 0.717) is 44.1 Å². The van der Waals surface area contributed by atoms with Crippen LogP contribution in [0.2, 0.25) is 0 Å². The Morgan fingerprint density at radius 1 is 1.58 bits per heavy atom. The van der Waals surface area contributed by atoms with Gasteiger partial charge in [0.25, 0.3) is 5.91 Å². The summed E-state index contributed by atoms with van der Waals surface area (Å²) >= 11 is 1.57. The maximum atomic E-state index is 13.9. The second-order valence-electron chi connectivity index (χ2n) is 6.71. The van der Waals surface area contributed by atoms with E-state index in [2.05, 4.69) is 10.3 Å². The fourth-order valence-corrected chi connectivity index (χ4v) is 4.46. The van der Waals surface area contributed by atoms with Crippen LogP contribution in [0.15, 0.2) is 4.42 Å². The van der Waals surface area contributed by atoms with Gasteiger partial charge in [0, 0.05) is 24.9 Å². The molecular weight excluding hydrogens is 333 g/mol. The Hall–Kier alpha value is -1.12. The summed E-state index contributed by atoms with van der Waals surface area (Å²) in [5.74, 6) is 2.20. The molecule has 0 bridgehead atoms. The Kier molecular flexibility index (Phi) is 5.17. The minimum atomic E-state index is -1.28. The molecule has 1 unspecified atom stereocenters. The number of rotatable bonds is 5. The van der Waals surface area contributed by atoms with Crippen LogP contribution >= 0.6 is 11.8 Å². The van der Waals surface area contributed by atoms with Crippen LogP contribution in [0.4, 0.5) is 4.39 Å². The van der Waals surface area contributed by atoms with Gasteiger partial charge in [-0.3, -0.25) is 9.69 Å². The summed E-state index contributed by atoms with van der Waals surface area (Å²) in [6.07, 6.45) is -0.0841. The molecule has 2 aliphatic heterocycles. The number of halogens is 1. The van der Waals surface area contributed by atoms with Crippen LogP contribution in [0.1, 0.15) is 30.2 Å². The Bertz CT molecular complexity index is 584. The summed E-state index contributed by atoms with van der Waals surface area (Å²) in [6, 6.07) is -0.117. The third-order valence-electron chi connectivity index (χ3n) is 4.81. The van der Waals surface area contributed by atoms with Crippen molar-refractivity contribution in [3.05, 3.63) is 17.3 Å². The lowest BCUT2D eigenvalue weighted by atomic mass is 10.0. The second-order valence-corrected chi connectivity index (χ2v) is 7.81. The molecule has 134 valence electrons. The number of alkyl halides is 1. The number of aryl methyl sites for hydroxylation is 2. The molecule has 2 fully saturated rings. The molecule has 0 saturated carbocycles. The maximum Gasteiger partial charge on any atom is 0.252 e. The van der Waals surface area contributed by atoms with E-state index in [1.807, 2.05) is 18.7 Å². The Morgan fingerprint density at radius 2 is 2.38 bits per heavy atom. The van der Waals surface area contributed by atoms with E-state index in [1.54, 1.807) is 11.8 Å². The summed E-state index contributed by atoms with van der Waals surface area (Å²) in [6.45, 7) is 4.79. The number of nitrogens with zero attached hydrogens (tertiary/aromatic N) is 2. The number of likely N-dealkylation sites (tertiary alicyclic amines) is 1. The van der Waals surface area contributed by atoms with E-state index < -0.39 is 11.8 Å². The van der Waals surface area contributed by atoms with E-state index in [-0.39, 0.29) is 11.9 Å². The number of carbonyl (C=O) groups excluding carboxylic acids is 1. The average molecular weight is 357 g/mol. The third kappa shape index (κ3) is 3.75. The first-order valence-electron chi connectivity index (χ1n) is 8.27. The molecule has 0 aromatic carbocycles. The lowest BCUT2D eigenvalue weighted by molar-refractivity contribution is -0.137. The van der Waals surface area contributed by atoms with E-state index >= 15 is 0 Å². The van der Waals surface area contributed by atoms with Crippen molar-refractivity contribution in [2.45, 2.75) is 51.0 Å². The average Bonchev–Trinajstić information content (AvgIpc) is 3.19. The zero-order chi connectivity index (χ0) is 17.3. The molecule has 8 heteroatoms. The van der Waals surface area contributed by atoms with Gasteiger partial charge in [-0.15, -0.1) is 0 Å². The van der Waals surface area contributed by atoms with E-state index in [0.717, 1.165) is 17.2 Å². The second kappa shape index (κ2) is 7.01. The smallest absolute Gasteiger partial charge is 0.252 e. The molecule has 0 radical (unpaired) electrons. The van der Waals surface area contributed by atoms with Crippen molar-refractivity contribution in [2.75, 3.05) is 24.6 Å². The number of carbonyl (C=O) groups is 1. The Balaban J connectivity index is 1.57. The van der Waals surface area contributed by atoms with Gasteiger partial charge in [0.05, 0.1) is 12.2 Å². The number of hydrogen-bond acceptors (Lipinski definition) is 6. The maximum absolute atomic E-state index is 13.9. The molecule has 3 atom stereocenters. The van der Waals surface area contributed by atoms with E-state index in [1.165, 1.54) is 0 Å². The number of nitrogens with one attached hydrogen (secondary N) is 1.